The van der Waals surface area contributed by atoms with Crippen molar-refractivity contribution < 1.29 is 48.2 Å². The number of carbonyl (C=O) groups is 2. The molecule has 6 aromatic rings. The number of carbonyl (C=O) groups excluding carboxylic acids is 2. The molecule has 16 nitrogen and oxygen atoms in total. The fraction of sp³-hybridized carbons (Fsp3) is 0.309. The number of aliphatic hydroxyl groups excluding tert-OH is 2. The van der Waals surface area contributed by atoms with Gasteiger partial charge in [0, 0.05) is 104 Å². The second kappa shape index (κ2) is 27.6. The maximum Gasteiger partial charge on any atom is 0.308 e. The van der Waals surface area contributed by atoms with Crippen LogP contribution in [-0.2, 0) is 58.6 Å². The Labute approximate surface area is 434 Å². The van der Waals surface area contributed by atoms with Crippen LogP contribution in [0.15, 0.2) is 103 Å². The summed E-state index contributed by atoms with van der Waals surface area (Å²) in [5, 5.41) is 37.1. The van der Waals surface area contributed by atoms with Gasteiger partial charge in [0.05, 0.1) is 54.9 Å². The number of hydrogen-bond acceptors (Lipinski definition) is 16. The quantitative estimate of drug-likeness (QED) is 0.0297. The molecule has 2 aromatic heterocycles. The third-order valence-corrected chi connectivity index (χ3v) is 12.2. The van der Waals surface area contributed by atoms with Crippen LogP contribution in [0.3, 0.4) is 0 Å². The lowest BCUT2D eigenvalue weighted by atomic mass is 9.92. The van der Waals surface area contributed by atoms with Gasteiger partial charge in [-0.1, -0.05) is 59.6 Å². The molecule has 0 fully saturated rings. The van der Waals surface area contributed by atoms with Gasteiger partial charge in [0.25, 0.3) is 0 Å². The maximum absolute atomic E-state index is 11.7. The number of aliphatic hydroxyl groups is 2. The Morgan fingerprint density at radius 3 is 1.59 bits per heavy atom. The fourth-order valence-electron chi connectivity index (χ4n) is 7.69. The summed E-state index contributed by atoms with van der Waals surface area (Å²) in [5.74, 6) is 0.729. The average Bonchev–Trinajstić information content (AvgIpc) is 3.38. The van der Waals surface area contributed by atoms with Crippen molar-refractivity contribution in [3.63, 3.8) is 0 Å². The number of nitrogens with one attached hydrogen (secondary N) is 2. The highest BCUT2D eigenvalue weighted by molar-refractivity contribution is 6.32. The third kappa shape index (κ3) is 16.2. The normalized spacial score (nSPS) is 11.9. The van der Waals surface area contributed by atoms with Gasteiger partial charge in [0.2, 0.25) is 0 Å². The number of hydrogen-bond donors (Lipinski definition) is 4. The van der Waals surface area contributed by atoms with Gasteiger partial charge in [-0.15, -0.1) is 0 Å². The Bertz CT molecular complexity index is 2930. The zero-order valence-electron chi connectivity index (χ0n) is 41.2. The fourth-order valence-corrected chi connectivity index (χ4v) is 8.17. The van der Waals surface area contributed by atoms with Crippen molar-refractivity contribution >= 4 is 41.4 Å². The third-order valence-electron chi connectivity index (χ3n) is 11.6. The van der Waals surface area contributed by atoms with E-state index in [9.17, 15) is 25.1 Å². The Hall–Kier alpha value is -7.10. The van der Waals surface area contributed by atoms with E-state index in [4.69, 9.17) is 42.1 Å². The van der Waals surface area contributed by atoms with Crippen LogP contribution in [0.2, 0.25) is 10.0 Å². The van der Waals surface area contributed by atoms with E-state index in [2.05, 4.69) is 53.3 Å². The number of methoxy groups -OCH3 is 2. The van der Waals surface area contributed by atoms with E-state index in [0.29, 0.717) is 55.3 Å². The van der Waals surface area contributed by atoms with Crippen molar-refractivity contribution in [2.45, 2.75) is 78.4 Å². The molecule has 0 saturated heterocycles. The van der Waals surface area contributed by atoms with Crippen molar-refractivity contribution in [2.24, 2.45) is 4.99 Å². The molecule has 0 saturated carbocycles. The highest BCUT2D eigenvalue weighted by atomic mass is 35.5. The van der Waals surface area contributed by atoms with Crippen LogP contribution in [-0.4, -0.2) is 84.9 Å². The molecule has 2 unspecified atom stereocenters. The van der Waals surface area contributed by atoms with Crippen molar-refractivity contribution in [1.82, 2.24) is 20.6 Å². The summed E-state index contributed by atoms with van der Waals surface area (Å²) in [5.41, 5.74) is 10.0. The van der Waals surface area contributed by atoms with Gasteiger partial charge in [-0.2, -0.15) is 5.26 Å². The van der Waals surface area contributed by atoms with Gasteiger partial charge >= 0.3 is 11.9 Å². The first-order valence-electron chi connectivity index (χ1n) is 23.2. The van der Waals surface area contributed by atoms with Crippen molar-refractivity contribution in [1.29, 1.82) is 5.26 Å². The van der Waals surface area contributed by atoms with Crippen LogP contribution in [0, 0.1) is 25.2 Å². The van der Waals surface area contributed by atoms with Crippen molar-refractivity contribution in [2.75, 3.05) is 34.4 Å². The predicted octanol–water partition coefficient (Wildman–Crippen LogP) is 8.33. The summed E-state index contributed by atoms with van der Waals surface area (Å²) in [6, 6.07) is 24.8. The summed E-state index contributed by atoms with van der Waals surface area (Å²) < 4.78 is 34.8. The van der Waals surface area contributed by atoms with Crippen LogP contribution >= 0.6 is 23.2 Å². The highest BCUT2D eigenvalue weighted by Gasteiger charge is 2.19. The van der Waals surface area contributed by atoms with E-state index in [-0.39, 0.29) is 65.4 Å². The molecule has 18 heteroatoms. The van der Waals surface area contributed by atoms with Crippen LogP contribution in [0.4, 0.5) is 0 Å². The second-order valence-corrected chi connectivity index (χ2v) is 17.8. The molecule has 0 bridgehead atoms. The smallest absolute Gasteiger partial charge is 0.308 e. The van der Waals surface area contributed by atoms with E-state index in [1.54, 1.807) is 62.2 Å². The number of nitriles is 1. The van der Waals surface area contributed by atoms with Gasteiger partial charge < -0.3 is 49.3 Å². The van der Waals surface area contributed by atoms with Crippen molar-refractivity contribution in [3.05, 3.63) is 163 Å². The number of rotatable bonds is 26. The van der Waals surface area contributed by atoms with E-state index in [1.807, 2.05) is 44.2 Å². The van der Waals surface area contributed by atoms with E-state index in [1.165, 1.54) is 20.4 Å². The molecule has 0 aliphatic heterocycles. The summed E-state index contributed by atoms with van der Waals surface area (Å²) in [7, 11) is 4.23. The van der Waals surface area contributed by atoms with Crippen molar-refractivity contribution in [3.8, 4) is 40.2 Å². The SMILES string of the molecule is CN=Cc1cncc(COc2cc(OCc3cccc(-c4cccc(COc5cc(OCc6cncc(C#N)c6)c(CNCC(O)CC(=O)OC)cc5Cl)c4C)c3C)c(Cl)cc2CNCC(O)CC(=O)OC)c1. The standard InChI is InChI=1S/C55H58Cl2N6O10/c1-34-40(32-72-52-18-50(70-30-38-12-36(20-58)22-60-24-38)42(14-48(52)56)26-62-28-44(64)16-54(66)68-4)8-6-10-46(34)47-11-7-9-41(35(47)2)33-73-53-19-51(71-31-39-13-37(21-59-3)23-61-25-39)43(15-49(53)57)27-63-29-45(65)17-55(67)69-5/h6-15,18-19,21-25,44-45,62-65H,16-17,26-33H2,1-5H3. The summed E-state index contributed by atoms with van der Waals surface area (Å²) in [4.78, 5) is 35.9. The maximum atomic E-state index is 11.7. The molecule has 6 rings (SSSR count). The number of pyridine rings is 2. The Balaban J connectivity index is 1.18. The number of aliphatic imine (C=N–C) groups is 1. The van der Waals surface area contributed by atoms with Crippen LogP contribution < -0.4 is 29.6 Å². The lowest BCUT2D eigenvalue weighted by Gasteiger charge is -2.19. The molecular formula is C55H58Cl2N6O10. The molecule has 0 amide bonds. The van der Waals surface area contributed by atoms with Gasteiger partial charge in [-0.05, 0) is 71.5 Å². The molecular weight excluding hydrogens is 976 g/mol. The highest BCUT2D eigenvalue weighted by Crippen LogP contribution is 2.37. The van der Waals surface area contributed by atoms with Crippen LogP contribution in [0.25, 0.3) is 11.1 Å². The molecule has 0 aliphatic rings. The molecule has 0 spiro atoms. The van der Waals surface area contributed by atoms with Gasteiger partial charge in [-0.3, -0.25) is 24.5 Å². The lowest BCUT2D eigenvalue weighted by molar-refractivity contribution is -0.143. The van der Waals surface area contributed by atoms with Gasteiger partial charge in [-0.25, -0.2) is 0 Å². The van der Waals surface area contributed by atoms with Gasteiger partial charge in [0.1, 0.15) is 55.5 Å². The second-order valence-electron chi connectivity index (χ2n) is 17.0. The minimum Gasteiger partial charge on any atom is -0.488 e. The molecule has 4 N–H and O–H groups in total. The first-order chi connectivity index (χ1) is 35.3. The van der Waals surface area contributed by atoms with Gasteiger partial charge in [0.15, 0.2) is 0 Å². The number of ether oxygens (including phenoxy) is 6. The number of halogens is 2. The lowest BCUT2D eigenvalue weighted by Crippen LogP contribution is -2.28. The Morgan fingerprint density at radius 2 is 1.12 bits per heavy atom. The first-order valence-corrected chi connectivity index (χ1v) is 24.0. The number of nitrogens with zero attached hydrogens (tertiary/aromatic N) is 4. The molecule has 0 radical (unpaired) electrons. The Kier molecular flexibility index (Phi) is 20.9. The predicted molar refractivity (Wildman–Crippen MR) is 277 cm³/mol. The van der Waals surface area contributed by atoms with E-state index in [0.717, 1.165) is 44.5 Å². The average molecular weight is 1030 g/mol. The zero-order valence-corrected chi connectivity index (χ0v) is 42.8. The summed E-state index contributed by atoms with van der Waals surface area (Å²) >= 11 is 13.7. The molecule has 2 heterocycles. The number of benzene rings is 4. The minimum absolute atomic E-state index is 0.108. The molecule has 2 atom stereocenters. The van der Waals surface area contributed by atoms with Crippen LogP contribution in [0.5, 0.6) is 23.0 Å². The van der Waals surface area contributed by atoms with E-state index >= 15 is 0 Å². The summed E-state index contributed by atoms with van der Waals surface area (Å²) in [6.07, 6.45) is 6.02. The van der Waals surface area contributed by atoms with Crippen LogP contribution in [0.1, 0.15) is 68.5 Å². The largest absolute Gasteiger partial charge is 0.488 e. The molecule has 4 aromatic carbocycles. The number of aromatic nitrogens is 2. The molecule has 382 valence electrons. The summed E-state index contributed by atoms with van der Waals surface area (Å²) in [6.45, 7) is 5.54. The number of esters is 2. The topological polar surface area (TPSA) is 216 Å². The molecule has 73 heavy (non-hydrogen) atoms. The monoisotopic (exact) mass is 1030 g/mol. The Morgan fingerprint density at radius 1 is 0.658 bits per heavy atom. The minimum atomic E-state index is -0.962. The first kappa shape index (κ1) is 55.2. The molecule has 0 aliphatic carbocycles. The zero-order chi connectivity index (χ0) is 52.3. The van der Waals surface area contributed by atoms with E-state index < -0.39 is 24.1 Å².